The molecule has 0 fully saturated rings. The Hall–Kier alpha value is -4.53. The molecule has 214 valence electrons. The number of aromatic nitrogens is 1. The lowest BCUT2D eigenvalue weighted by atomic mass is 10.0. The zero-order chi connectivity index (χ0) is 29.4. The summed E-state index contributed by atoms with van der Waals surface area (Å²) >= 11 is 0. The number of benzene rings is 3. The number of aryl methyl sites for hydroxylation is 2. The number of carboxylic acid groups (broad SMARTS) is 2. The highest BCUT2D eigenvalue weighted by Crippen LogP contribution is 2.28. The highest BCUT2D eigenvalue weighted by molar-refractivity contribution is 5.94. The summed E-state index contributed by atoms with van der Waals surface area (Å²) < 4.78 is 47.2. The van der Waals surface area contributed by atoms with Crippen LogP contribution in [0.25, 0.3) is 23.1 Å². The Morgan fingerprint density at radius 1 is 0.854 bits per heavy atom. The standard InChI is InChI=1S/C32H30F3NO5/c33-27-17-22(18-28(34)31(27)35)5-1-2-16-41-25-14-11-21(12-15-25)10-13-23-6-3-8-26-24(7-4-9-29(37)38)19-36(32(23)26)20-30(39)40/h3,6,8,10-15,17-19H,1-2,4-5,7,9,16,20H2,(H,37,38)(H,39,40)/b13-10+. The van der Waals surface area contributed by atoms with E-state index in [9.17, 15) is 27.9 Å². The van der Waals surface area contributed by atoms with Gasteiger partial charge in [0.2, 0.25) is 0 Å². The summed E-state index contributed by atoms with van der Waals surface area (Å²) in [5.74, 6) is -4.99. The van der Waals surface area contributed by atoms with E-state index in [4.69, 9.17) is 9.84 Å². The van der Waals surface area contributed by atoms with Crippen molar-refractivity contribution in [3.63, 3.8) is 0 Å². The average molecular weight is 566 g/mol. The van der Waals surface area contributed by atoms with Gasteiger partial charge < -0.3 is 19.5 Å². The Kier molecular flexibility index (Phi) is 9.84. The molecule has 6 nitrogen and oxygen atoms in total. The SMILES string of the molecule is O=C(O)CCCc1cn(CC(=O)O)c2c(/C=C/c3ccc(OCCCCc4cc(F)c(F)c(F)c4)cc3)cccc12. The number of nitrogens with zero attached hydrogens (tertiary/aromatic N) is 1. The summed E-state index contributed by atoms with van der Waals surface area (Å²) in [4.78, 5) is 22.4. The van der Waals surface area contributed by atoms with Gasteiger partial charge in [0, 0.05) is 18.0 Å². The third kappa shape index (κ3) is 8.00. The molecular weight excluding hydrogens is 535 g/mol. The Balaban J connectivity index is 1.37. The number of unbranched alkanes of at least 4 members (excludes halogenated alkanes) is 1. The van der Waals surface area contributed by atoms with Crippen LogP contribution >= 0.6 is 0 Å². The number of halogens is 3. The van der Waals surface area contributed by atoms with E-state index in [0.717, 1.165) is 39.7 Å². The van der Waals surface area contributed by atoms with Crippen molar-refractivity contribution in [2.24, 2.45) is 0 Å². The monoisotopic (exact) mass is 565 g/mol. The summed E-state index contributed by atoms with van der Waals surface area (Å²) in [6.45, 7) is 0.211. The van der Waals surface area contributed by atoms with Crippen molar-refractivity contribution in [1.82, 2.24) is 4.57 Å². The molecule has 0 saturated carbocycles. The van der Waals surface area contributed by atoms with E-state index in [2.05, 4.69) is 0 Å². The van der Waals surface area contributed by atoms with Gasteiger partial charge in [-0.1, -0.05) is 42.5 Å². The van der Waals surface area contributed by atoms with Crippen LogP contribution in [0.5, 0.6) is 5.75 Å². The molecule has 0 aliphatic carbocycles. The molecule has 1 aromatic heterocycles. The van der Waals surface area contributed by atoms with E-state index in [-0.39, 0.29) is 13.0 Å². The third-order valence-corrected chi connectivity index (χ3v) is 6.66. The summed E-state index contributed by atoms with van der Waals surface area (Å²) in [6.07, 6.45) is 8.36. The highest BCUT2D eigenvalue weighted by Gasteiger charge is 2.14. The molecule has 0 spiro atoms. The molecule has 0 bridgehead atoms. The zero-order valence-electron chi connectivity index (χ0n) is 22.3. The van der Waals surface area contributed by atoms with Crippen molar-refractivity contribution in [2.75, 3.05) is 6.61 Å². The minimum absolute atomic E-state index is 0.0450. The van der Waals surface area contributed by atoms with E-state index < -0.39 is 29.4 Å². The number of para-hydroxylation sites is 1. The van der Waals surface area contributed by atoms with E-state index in [1.807, 2.05) is 54.6 Å². The first-order valence-corrected chi connectivity index (χ1v) is 13.3. The molecule has 0 radical (unpaired) electrons. The molecule has 4 aromatic rings. The van der Waals surface area contributed by atoms with Crippen molar-refractivity contribution in [3.05, 3.63) is 100 Å². The molecule has 0 aliphatic heterocycles. The summed E-state index contributed by atoms with van der Waals surface area (Å²) in [7, 11) is 0. The van der Waals surface area contributed by atoms with Crippen LogP contribution in [0.2, 0.25) is 0 Å². The lowest BCUT2D eigenvalue weighted by Crippen LogP contribution is -2.07. The molecule has 1 heterocycles. The van der Waals surface area contributed by atoms with Gasteiger partial charge in [-0.2, -0.15) is 0 Å². The number of carbonyl (C=O) groups is 2. The van der Waals surface area contributed by atoms with Gasteiger partial charge in [0.1, 0.15) is 12.3 Å². The van der Waals surface area contributed by atoms with Crippen LogP contribution in [0.4, 0.5) is 13.2 Å². The average Bonchev–Trinajstić information content (AvgIpc) is 3.27. The second kappa shape index (κ2) is 13.7. The normalized spacial score (nSPS) is 11.4. The van der Waals surface area contributed by atoms with Crippen molar-refractivity contribution in [3.8, 4) is 5.75 Å². The fourth-order valence-corrected chi connectivity index (χ4v) is 4.73. The second-order valence-electron chi connectivity index (χ2n) is 9.75. The molecule has 9 heteroatoms. The lowest BCUT2D eigenvalue weighted by molar-refractivity contribution is -0.138. The third-order valence-electron chi connectivity index (χ3n) is 6.66. The Bertz CT molecular complexity index is 1540. The number of aliphatic carboxylic acids is 2. The predicted molar refractivity (Wildman–Crippen MR) is 150 cm³/mol. The smallest absolute Gasteiger partial charge is 0.323 e. The van der Waals surface area contributed by atoms with Crippen LogP contribution in [0.3, 0.4) is 0 Å². The molecule has 2 N–H and O–H groups in total. The number of rotatable bonds is 14. The molecule has 0 aliphatic rings. The molecular formula is C32H30F3NO5. The molecule has 0 amide bonds. The Morgan fingerprint density at radius 3 is 2.27 bits per heavy atom. The molecule has 4 rings (SSSR count). The number of hydrogen-bond donors (Lipinski definition) is 2. The number of ether oxygens (including phenoxy) is 1. The maximum Gasteiger partial charge on any atom is 0.323 e. The minimum Gasteiger partial charge on any atom is -0.494 e. The largest absolute Gasteiger partial charge is 0.494 e. The maximum absolute atomic E-state index is 13.3. The van der Waals surface area contributed by atoms with E-state index in [0.29, 0.717) is 50.0 Å². The first-order valence-electron chi connectivity index (χ1n) is 13.3. The van der Waals surface area contributed by atoms with Crippen molar-refractivity contribution in [2.45, 2.75) is 45.1 Å². The molecule has 0 atom stereocenters. The Morgan fingerprint density at radius 2 is 1.59 bits per heavy atom. The number of carboxylic acids is 2. The van der Waals surface area contributed by atoms with E-state index in [1.54, 1.807) is 10.8 Å². The van der Waals surface area contributed by atoms with Crippen LogP contribution in [0.1, 0.15) is 47.9 Å². The summed E-state index contributed by atoms with van der Waals surface area (Å²) in [5, 5.41) is 19.3. The van der Waals surface area contributed by atoms with Gasteiger partial charge in [-0.05, 0) is 78.6 Å². The second-order valence-corrected chi connectivity index (χ2v) is 9.75. The van der Waals surface area contributed by atoms with Crippen LogP contribution in [0, 0.1) is 17.5 Å². The van der Waals surface area contributed by atoms with Crippen LogP contribution < -0.4 is 4.74 Å². The molecule has 3 aromatic carbocycles. The number of hydrogen-bond acceptors (Lipinski definition) is 3. The highest BCUT2D eigenvalue weighted by atomic mass is 19.2. The zero-order valence-corrected chi connectivity index (χ0v) is 22.3. The summed E-state index contributed by atoms with van der Waals surface area (Å²) in [6, 6.07) is 15.2. The Labute approximate surface area is 235 Å². The van der Waals surface area contributed by atoms with Gasteiger partial charge in [0.05, 0.1) is 12.1 Å². The first-order chi connectivity index (χ1) is 19.7. The summed E-state index contributed by atoms with van der Waals surface area (Å²) in [5.41, 5.74) is 3.85. The van der Waals surface area contributed by atoms with E-state index in [1.165, 1.54) is 0 Å². The molecule has 0 unspecified atom stereocenters. The van der Waals surface area contributed by atoms with Crippen LogP contribution in [-0.2, 0) is 29.0 Å². The quantitative estimate of drug-likeness (QED) is 0.0965. The topological polar surface area (TPSA) is 88.8 Å². The van der Waals surface area contributed by atoms with Gasteiger partial charge in [-0.3, -0.25) is 9.59 Å². The molecule has 0 saturated heterocycles. The molecule has 41 heavy (non-hydrogen) atoms. The van der Waals surface area contributed by atoms with Gasteiger partial charge >= 0.3 is 11.9 Å². The van der Waals surface area contributed by atoms with Crippen LogP contribution in [0.15, 0.2) is 60.8 Å². The fourth-order valence-electron chi connectivity index (χ4n) is 4.73. The van der Waals surface area contributed by atoms with Gasteiger partial charge in [-0.25, -0.2) is 13.2 Å². The van der Waals surface area contributed by atoms with E-state index >= 15 is 0 Å². The fraction of sp³-hybridized carbons (Fsp3) is 0.250. The maximum atomic E-state index is 13.3. The van der Waals surface area contributed by atoms with Gasteiger partial charge in [0.25, 0.3) is 0 Å². The first kappa shape index (κ1) is 29.5. The predicted octanol–water partition coefficient (Wildman–Crippen LogP) is 7.12. The van der Waals surface area contributed by atoms with Crippen molar-refractivity contribution < 1.29 is 37.7 Å². The van der Waals surface area contributed by atoms with Crippen LogP contribution in [-0.4, -0.2) is 33.3 Å². The lowest BCUT2D eigenvalue weighted by Gasteiger charge is -2.07. The number of fused-ring (bicyclic) bond motifs is 1. The minimum atomic E-state index is -1.46. The van der Waals surface area contributed by atoms with Crippen molar-refractivity contribution >= 4 is 35.0 Å². The van der Waals surface area contributed by atoms with Crippen molar-refractivity contribution in [1.29, 1.82) is 0 Å². The van der Waals surface area contributed by atoms with Gasteiger partial charge in [0.15, 0.2) is 17.5 Å². The van der Waals surface area contributed by atoms with Gasteiger partial charge in [-0.15, -0.1) is 0 Å².